The normalized spacial score (nSPS) is 11.0. The van der Waals surface area contributed by atoms with Crippen LogP contribution in [-0.2, 0) is 13.1 Å². The standard InChI is InChI=1S/C20H21F2N5.HI/c1-2-24-20(25-12-15-4-3-5-17(21)10-15)26-13-16-6-7-19(18(22)11-16)27-9-8-23-14-27;/h3-11,14H,2,12-13H2,1H3,(H2,24,25,26);1H. The van der Waals surface area contributed by atoms with Crippen molar-refractivity contribution in [1.82, 2.24) is 20.2 Å². The van der Waals surface area contributed by atoms with Gasteiger partial charge in [-0.05, 0) is 42.3 Å². The van der Waals surface area contributed by atoms with Crippen molar-refractivity contribution in [3.63, 3.8) is 0 Å². The Kier molecular flexibility index (Phi) is 8.37. The summed E-state index contributed by atoms with van der Waals surface area (Å²) in [5, 5.41) is 6.29. The first-order chi connectivity index (χ1) is 13.2. The molecule has 0 atom stereocenters. The lowest BCUT2D eigenvalue weighted by atomic mass is 10.2. The molecule has 0 saturated heterocycles. The van der Waals surface area contributed by atoms with Gasteiger partial charge in [0.2, 0.25) is 0 Å². The molecule has 0 amide bonds. The van der Waals surface area contributed by atoms with Crippen molar-refractivity contribution in [3.05, 3.63) is 83.9 Å². The summed E-state index contributed by atoms with van der Waals surface area (Å²) in [5.74, 6) is -0.0241. The predicted molar refractivity (Wildman–Crippen MR) is 117 cm³/mol. The number of aliphatic imine (C=N–C) groups is 1. The molecule has 0 fully saturated rings. The van der Waals surface area contributed by atoms with Gasteiger partial charge in [0, 0.05) is 25.5 Å². The second kappa shape index (κ2) is 10.7. The highest BCUT2D eigenvalue weighted by molar-refractivity contribution is 14.0. The van der Waals surface area contributed by atoms with Gasteiger partial charge in [-0.25, -0.2) is 18.8 Å². The monoisotopic (exact) mass is 497 g/mol. The van der Waals surface area contributed by atoms with Crippen molar-refractivity contribution in [2.75, 3.05) is 6.54 Å². The van der Waals surface area contributed by atoms with Crippen LogP contribution in [0, 0.1) is 11.6 Å². The molecule has 0 bridgehead atoms. The molecule has 0 aliphatic rings. The lowest BCUT2D eigenvalue weighted by Crippen LogP contribution is -2.36. The van der Waals surface area contributed by atoms with Gasteiger partial charge in [-0.2, -0.15) is 0 Å². The fraction of sp³-hybridized carbons (Fsp3) is 0.200. The van der Waals surface area contributed by atoms with Crippen molar-refractivity contribution in [2.45, 2.75) is 20.0 Å². The van der Waals surface area contributed by atoms with Crippen molar-refractivity contribution in [2.24, 2.45) is 4.99 Å². The van der Waals surface area contributed by atoms with Gasteiger partial charge < -0.3 is 15.2 Å². The zero-order chi connectivity index (χ0) is 19.1. The van der Waals surface area contributed by atoms with Crippen LogP contribution in [0.5, 0.6) is 0 Å². The van der Waals surface area contributed by atoms with Crippen molar-refractivity contribution in [1.29, 1.82) is 0 Å². The molecule has 0 saturated carbocycles. The highest BCUT2D eigenvalue weighted by Crippen LogP contribution is 2.15. The maximum atomic E-state index is 14.3. The summed E-state index contributed by atoms with van der Waals surface area (Å²) in [7, 11) is 0. The van der Waals surface area contributed by atoms with E-state index in [0.29, 0.717) is 31.3 Å². The second-order valence-electron chi connectivity index (χ2n) is 5.93. The fourth-order valence-corrected chi connectivity index (χ4v) is 2.60. The van der Waals surface area contributed by atoms with E-state index in [1.165, 1.54) is 18.2 Å². The molecule has 0 radical (unpaired) electrons. The molecule has 3 rings (SSSR count). The number of aromatic nitrogens is 2. The summed E-state index contributed by atoms with van der Waals surface area (Å²) < 4.78 is 29.2. The van der Waals surface area contributed by atoms with E-state index in [0.717, 1.165) is 11.1 Å². The molecule has 28 heavy (non-hydrogen) atoms. The number of hydrogen-bond donors (Lipinski definition) is 2. The highest BCUT2D eigenvalue weighted by Gasteiger charge is 2.06. The molecule has 0 aliphatic heterocycles. The molecule has 0 aliphatic carbocycles. The van der Waals surface area contributed by atoms with Crippen LogP contribution in [-0.4, -0.2) is 22.1 Å². The molecule has 3 aromatic rings. The van der Waals surface area contributed by atoms with E-state index in [4.69, 9.17) is 0 Å². The van der Waals surface area contributed by atoms with Crippen LogP contribution in [0.3, 0.4) is 0 Å². The van der Waals surface area contributed by atoms with E-state index in [9.17, 15) is 8.78 Å². The van der Waals surface area contributed by atoms with E-state index < -0.39 is 0 Å². The number of halogens is 3. The molecular weight excluding hydrogens is 475 g/mol. The van der Waals surface area contributed by atoms with Gasteiger partial charge in [-0.3, -0.25) is 0 Å². The molecule has 148 valence electrons. The van der Waals surface area contributed by atoms with E-state index in [2.05, 4.69) is 20.6 Å². The molecule has 1 heterocycles. The second-order valence-corrected chi connectivity index (χ2v) is 5.93. The Balaban J connectivity index is 0.00000280. The van der Waals surface area contributed by atoms with Gasteiger partial charge in [-0.15, -0.1) is 24.0 Å². The maximum Gasteiger partial charge on any atom is 0.191 e. The lowest BCUT2D eigenvalue weighted by molar-refractivity contribution is 0.615. The number of guanidine groups is 1. The Morgan fingerprint density at radius 3 is 2.64 bits per heavy atom. The third kappa shape index (κ3) is 6.01. The summed E-state index contributed by atoms with van der Waals surface area (Å²) in [6.45, 7) is 3.40. The van der Waals surface area contributed by atoms with Gasteiger partial charge in [0.05, 0.1) is 18.6 Å². The maximum absolute atomic E-state index is 14.3. The van der Waals surface area contributed by atoms with Crippen LogP contribution in [0.1, 0.15) is 18.1 Å². The Labute approximate surface area is 179 Å². The average molecular weight is 497 g/mol. The largest absolute Gasteiger partial charge is 0.357 e. The van der Waals surface area contributed by atoms with Crippen molar-refractivity contribution in [3.8, 4) is 5.69 Å². The zero-order valence-electron chi connectivity index (χ0n) is 15.4. The number of imidazole rings is 1. The molecule has 0 spiro atoms. The number of nitrogens with one attached hydrogen (secondary N) is 2. The van der Waals surface area contributed by atoms with Crippen LogP contribution >= 0.6 is 24.0 Å². The Morgan fingerprint density at radius 2 is 1.96 bits per heavy atom. The number of nitrogens with zero attached hydrogens (tertiary/aromatic N) is 3. The Morgan fingerprint density at radius 1 is 1.11 bits per heavy atom. The van der Waals surface area contributed by atoms with Gasteiger partial charge >= 0.3 is 0 Å². The Hall–Kier alpha value is -2.49. The first kappa shape index (κ1) is 21.8. The fourth-order valence-electron chi connectivity index (χ4n) is 2.60. The molecule has 2 N–H and O–H groups in total. The van der Waals surface area contributed by atoms with Gasteiger partial charge in [-0.1, -0.05) is 18.2 Å². The first-order valence-corrected chi connectivity index (χ1v) is 8.69. The predicted octanol–water partition coefficient (Wildman–Crippen LogP) is 4.02. The van der Waals surface area contributed by atoms with Crippen LogP contribution in [0.25, 0.3) is 5.69 Å². The zero-order valence-corrected chi connectivity index (χ0v) is 17.7. The molecule has 8 heteroatoms. The third-order valence-corrected chi connectivity index (χ3v) is 3.91. The summed E-state index contributed by atoms with van der Waals surface area (Å²) in [6.07, 6.45) is 4.85. The molecular formula is C20H22F2IN5. The van der Waals surface area contributed by atoms with E-state index in [1.54, 1.807) is 35.4 Å². The Bertz CT molecular complexity index is 913. The van der Waals surface area contributed by atoms with Crippen LogP contribution in [0.4, 0.5) is 8.78 Å². The van der Waals surface area contributed by atoms with Crippen LogP contribution < -0.4 is 10.6 Å². The first-order valence-electron chi connectivity index (χ1n) is 8.69. The summed E-state index contributed by atoms with van der Waals surface area (Å²) in [6, 6.07) is 11.4. The van der Waals surface area contributed by atoms with Gasteiger partial charge in [0.25, 0.3) is 0 Å². The third-order valence-electron chi connectivity index (χ3n) is 3.91. The minimum atomic E-state index is -0.325. The van der Waals surface area contributed by atoms with E-state index in [-0.39, 0.29) is 35.6 Å². The van der Waals surface area contributed by atoms with Crippen LogP contribution in [0.15, 0.2) is 66.2 Å². The average Bonchev–Trinajstić information content (AvgIpc) is 3.18. The lowest BCUT2D eigenvalue weighted by Gasteiger charge is -2.12. The van der Waals surface area contributed by atoms with Gasteiger partial charge in [0.15, 0.2) is 5.96 Å². The highest BCUT2D eigenvalue weighted by atomic mass is 127. The number of hydrogen-bond acceptors (Lipinski definition) is 2. The SMILES string of the molecule is CCNC(=NCc1cccc(F)c1)NCc1ccc(-n2ccnc2)c(F)c1.I. The van der Waals surface area contributed by atoms with Gasteiger partial charge in [0.1, 0.15) is 11.6 Å². The minimum absolute atomic E-state index is 0. The van der Waals surface area contributed by atoms with Crippen LogP contribution in [0.2, 0.25) is 0 Å². The van der Waals surface area contributed by atoms with E-state index in [1.807, 2.05) is 19.1 Å². The summed E-state index contributed by atoms with van der Waals surface area (Å²) in [5.41, 5.74) is 2.01. The summed E-state index contributed by atoms with van der Waals surface area (Å²) in [4.78, 5) is 8.37. The van der Waals surface area contributed by atoms with Crippen molar-refractivity contribution >= 4 is 29.9 Å². The minimum Gasteiger partial charge on any atom is -0.357 e. The molecule has 0 unspecified atom stereocenters. The number of benzene rings is 2. The molecule has 2 aromatic carbocycles. The van der Waals surface area contributed by atoms with Crippen molar-refractivity contribution < 1.29 is 8.78 Å². The number of rotatable bonds is 6. The quantitative estimate of drug-likeness (QED) is 0.308. The smallest absolute Gasteiger partial charge is 0.191 e. The molecule has 1 aromatic heterocycles. The molecule has 5 nitrogen and oxygen atoms in total. The summed E-state index contributed by atoms with van der Waals surface area (Å²) >= 11 is 0. The van der Waals surface area contributed by atoms with E-state index >= 15 is 0 Å². The topological polar surface area (TPSA) is 54.2 Å².